The number of aliphatic imine (C=N–C) groups is 1. The van der Waals surface area contributed by atoms with Crippen LogP contribution in [0.15, 0.2) is 42.6 Å². The molecule has 0 saturated carbocycles. The molecular weight excluding hydrogens is 160 g/mol. The smallest absolute Gasteiger partial charge is 0.105 e. The number of amidine groups is 1. The van der Waals surface area contributed by atoms with Crippen LogP contribution in [0.1, 0.15) is 12.8 Å². The molecule has 0 aromatic rings. The van der Waals surface area contributed by atoms with Gasteiger partial charge in [-0.15, -0.1) is 13.2 Å². The SMILES string of the molecule is C=CCN(CC=C)C1=NC=CCC1. The highest BCUT2D eigenvalue weighted by molar-refractivity contribution is 5.83. The molecule has 0 saturated heterocycles. The van der Waals surface area contributed by atoms with Crippen LogP contribution in [0, 0.1) is 0 Å². The van der Waals surface area contributed by atoms with Gasteiger partial charge in [0.05, 0.1) is 0 Å². The normalized spacial score (nSPS) is 14.9. The van der Waals surface area contributed by atoms with Gasteiger partial charge >= 0.3 is 0 Å². The highest BCUT2D eigenvalue weighted by Gasteiger charge is 2.08. The van der Waals surface area contributed by atoms with Gasteiger partial charge in [-0.2, -0.15) is 0 Å². The van der Waals surface area contributed by atoms with Gasteiger partial charge in [-0.05, 0) is 6.42 Å². The summed E-state index contributed by atoms with van der Waals surface area (Å²) in [6, 6.07) is 0. The highest BCUT2D eigenvalue weighted by Crippen LogP contribution is 2.07. The van der Waals surface area contributed by atoms with E-state index in [1.807, 2.05) is 18.4 Å². The number of hydrogen-bond donors (Lipinski definition) is 0. The first kappa shape index (κ1) is 9.78. The summed E-state index contributed by atoms with van der Waals surface area (Å²) in [7, 11) is 0. The Bertz CT molecular complexity index is 228. The van der Waals surface area contributed by atoms with Gasteiger partial charge in [0, 0.05) is 25.7 Å². The molecule has 0 aromatic heterocycles. The molecule has 0 radical (unpaired) electrons. The lowest BCUT2D eigenvalue weighted by Gasteiger charge is -2.24. The second-order valence-electron chi connectivity index (χ2n) is 2.95. The van der Waals surface area contributed by atoms with Gasteiger partial charge < -0.3 is 4.90 Å². The van der Waals surface area contributed by atoms with E-state index in [1.165, 1.54) is 0 Å². The van der Waals surface area contributed by atoms with Gasteiger partial charge in [-0.3, -0.25) is 0 Å². The molecule has 0 aliphatic carbocycles. The Hall–Kier alpha value is -1.31. The summed E-state index contributed by atoms with van der Waals surface area (Å²) in [5, 5.41) is 0. The predicted molar refractivity (Wildman–Crippen MR) is 57.8 cm³/mol. The minimum Gasteiger partial charge on any atom is -0.353 e. The van der Waals surface area contributed by atoms with Crippen molar-refractivity contribution in [3.05, 3.63) is 37.6 Å². The molecule has 70 valence electrons. The van der Waals surface area contributed by atoms with E-state index in [1.54, 1.807) is 0 Å². The Labute approximate surface area is 80.0 Å². The highest BCUT2D eigenvalue weighted by atomic mass is 15.2. The van der Waals surface area contributed by atoms with Crippen LogP contribution >= 0.6 is 0 Å². The zero-order valence-corrected chi connectivity index (χ0v) is 7.95. The van der Waals surface area contributed by atoms with Crippen molar-refractivity contribution in [3.8, 4) is 0 Å². The third-order valence-corrected chi connectivity index (χ3v) is 1.93. The van der Waals surface area contributed by atoms with E-state index in [2.05, 4.69) is 29.1 Å². The maximum atomic E-state index is 4.33. The van der Waals surface area contributed by atoms with Gasteiger partial charge in [0.25, 0.3) is 0 Å². The van der Waals surface area contributed by atoms with Crippen molar-refractivity contribution in [1.82, 2.24) is 4.90 Å². The van der Waals surface area contributed by atoms with Gasteiger partial charge in [-0.25, -0.2) is 4.99 Å². The van der Waals surface area contributed by atoms with Crippen molar-refractivity contribution in [3.63, 3.8) is 0 Å². The average Bonchev–Trinajstić information content (AvgIpc) is 2.19. The summed E-state index contributed by atoms with van der Waals surface area (Å²) >= 11 is 0. The molecule has 1 aliphatic rings. The van der Waals surface area contributed by atoms with E-state index >= 15 is 0 Å². The Kier molecular flexibility index (Phi) is 4.03. The average molecular weight is 176 g/mol. The summed E-state index contributed by atoms with van der Waals surface area (Å²) in [5.41, 5.74) is 0. The first-order chi connectivity index (χ1) is 6.38. The molecule has 13 heavy (non-hydrogen) atoms. The molecule has 2 heteroatoms. The topological polar surface area (TPSA) is 15.6 Å². The Morgan fingerprint density at radius 2 is 2.08 bits per heavy atom. The molecule has 2 nitrogen and oxygen atoms in total. The lowest BCUT2D eigenvalue weighted by Crippen LogP contribution is -2.31. The van der Waals surface area contributed by atoms with Crippen molar-refractivity contribution in [2.45, 2.75) is 12.8 Å². The molecule has 0 atom stereocenters. The van der Waals surface area contributed by atoms with E-state index in [9.17, 15) is 0 Å². The molecule has 0 aromatic carbocycles. The molecule has 0 fully saturated rings. The molecule has 0 amide bonds. The number of allylic oxidation sites excluding steroid dienone is 1. The first-order valence-electron chi connectivity index (χ1n) is 4.57. The maximum absolute atomic E-state index is 4.33. The molecule has 0 N–H and O–H groups in total. The lowest BCUT2D eigenvalue weighted by atomic mass is 10.2. The van der Waals surface area contributed by atoms with E-state index in [-0.39, 0.29) is 0 Å². The summed E-state index contributed by atoms with van der Waals surface area (Å²) in [6.07, 6.45) is 9.86. The maximum Gasteiger partial charge on any atom is 0.105 e. The van der Waals surface area contributed by atoms with Crippen molar-refractivity contribution >= 4 is 5.84 Å². The van der Waals surface area contributed by atoms with E-state index < -0.39 is 0 Å². The van der Waals surface area contributed by atoms with Crippen LogP contribution in [0.4, 0.5) is 0 Å². The minimum absolute atomic E-state index is 0.846. The number of nitrogens with zero attached hydrogens (tertiary/aromatic N) is 2. The zero-order valence-electron chi connectivity index (χ0n) is 7.95. The number of hydrogen-bond acceptors (Lipinski definition) is 2. The van der Waals surface area contributed by atoms with Crippen LogP contribution in [0.25, 0.3) is 0 Å². The van der Waals surface area contributed by atoms with E-state index in [0.29, 0.717) is 0 Å². The predicted octanol–water partition coefficient (Wildman–Crippen LogP) is 2.37. The summed E-state index contributed by atoms with van der Waals surface area (Å²) < 4.78 is 0. The van der Waals surface area contributed by atoms with Gasteiger partial charge in [0.2, 0.25) is 0 Å². The van der Waals surface area contributed by atoms with E-state index in [0.717, 1.165) is 31.8 Å². The van der Waals surface area contributed by atoms with Crippen molar-refractivity contribution < 1.29 is 0 Å². The monoisotopic (exact) mass is 176 g/mol. The Morgan fingerprint density at radius 1 is 1.38 bits per heavy atom. The third kappa shape index (κ3) is 2.90. The molecule has 0 spiro atoms. The molecule has 0 bridgehead atoms. The first-order valence-corrected chi connectivity index (χ1v) is 4.57. The van der Waals surface area contributed by atoms with Gasteiger partial charge in [0.1, 0.15) is 5.84 Å². The molecule has 0 unspecified atom stereocenters. The van der Waals surface area contributed by atoms with Crippen LogP contribution in [0.5, 0.6) is 0 Å². The summed E-state index contributed by atoms with van der Waals surface area (Å²) in [5.74, 6) is 1.14. The van der Waals surface area contributed by atoms with Crippen LogP contribution < -0.4 is 0 Å². The van der Waals surface area contributed by atoms with Gasteiger partial charge in [0.15, 0.2) is 0 Å². The fraction of sp³-hybridized carbons (Fsp3) is 0.364. The Morgan fingerprint density at radius 3 is 2.54 bits per heavy atom. The van der Waals surface area contributed by atoms with E-state index in [4.69, 9.17) is 0 Å². The van der Waals surface area contributed by atoms with Crippen molar-refractivity contribution in [2.24, 2.45) is 4.99 Å². The molecular formula is C11H16N2. The van der Waals surface area contributed by atoms with Crippen LogP contribution in [-0.2, 0) is 0 Å². The molecule has 1 aliphatic heterocycles. The lowest BCUT2D eigenvalue weighted by molar-refractivity contribution is 0.499. The standard InChI is InChI=1S/C11H16N2/c1-3-9-13(10-4-2)11-7-5-6-8-12-11/h3-4,6,8H,1-2,5,7,9-10H2. The van der Waals surface area contributed by atoms with Crippen molar-refractivity contribution in [2.75, 3.05) is 13.1 Å². The minimum atomic E-state index is 0.846. The fourth-order valence-corrected chi connectivity index (χ4v) is 1.33. The molecule has 1 heterocycles. The zero-order chi connectivity index (χ0) is 9.52. The second kappa shape index (κ2) is 5.36. The summed E-state index contributed by atoms with van der Waals surface area (Å²) in [6.45, 7) is 9.15. The quantitative estimate of drug-likeness (QED) is 0.600. The second-order valence-corrected chi connectivity index (χ2v) is 2.95. The van der Waals surface area contributed by atoms with Crippen molar-refractivity contribution in [1.29, 1.82) is 0 Å². The fourth-order valence-electron chi connectivity index (χ4n) is 1.33. The largest absolute Gasteiger partial charge is 0.353 e. The molecule has 1 rings (SSSR count). The summed E-state index contributed by atoms with van der Waals surface area (Å²) in [4.78, 5) is 6.52. The number of rotatable bonds is 4. The van der Waals surface area contributed by atoms with Crippen LogP contribution in [0.2, 0.25) is 0 Å². The Balaban J connectivity index is 2.61. The van der Waals surface area contributed by atoms with Crippen LogP contribution in [0.3, 0.4) is 0 Å². The third-order valence-electron chi connectivity index (χ3n) is 1.93. The van der Waals surface area contributed by atoms with Gasteiger partial charge in [-0.1, -0.05) is 18.2 Å². The van der Waals surface area contributed by atoms with Crippen LogP contribution in [-0.4, -0.2) is 23.8 Å².